The Labute approximate surface area is 166 Å². The van der Waals surface area contributed by atoms with Crippen LogP contribution in [0.3, 0.4) is 0 Å². The molecule has 0 amide bonds. The molecule has 0 aliphatic carbocycles. The number of methoxy groups -OCH3 is 2. The number of nitrogens with zero attached hydrogens (tertiary/aromatic N) is 1. The van der Waals surface area contributed by atoms with Gasteiger partial charge in [-0.1, -0.05) is 24.3 Å². The first-order chi connectivity index (χ1) is 11.7. The van der Waals surface area contributed by atoms with Gasteiger partial charge in [-0.2, -0.15) is 0 Å². The van der Waals surface area contributed by atoms with Crippen LogP contribution in [0.1, 0.15) is 16.7 Å². The molecular weight excluding hydrogens is 429 g/mol. The molecule has 0 aliphatic heterocycles. The van der Waals surface area contributed by atoms with Crippen LogP contribution in [0.15, 0.2) is 47.5 Å². The van der Waals surface area contributed by atoms with E-state index in [1.165, 1.54) is 5.56 Å². The minimum absolute atomic E-state index is 0. The first-order valence-electron chi connectivity index (χ1n) is 7.87. The van der Waals surface area contributed by atoms with Gasteiger partial charge in [0.25, 0.3) is 0 Å². The molecule has 25 heavy (non-hydrogen) atoms. The zero-order valence-corrected chi connectivity index (χ0v) is 17.5. The van der Waals surface area contributed by atoms with Crippen LogP contribution in [0.5, 0.6) is 11.5 Å². The van der Waals surface area contributed by atoms with Crippen LogP contribution in [0.25, 0.3) is 0 Å². The van der Waals surface area contributed by atoms with Crippen molar-refractivity contribution in [3.63, 3.8) is 0 Å². The molecule has 0 aromatic heterocycles. The van der Waals surface area contributed by atoms with Crippen molar-refractivity contribution < 1.29 is 9.47 Å². The highest BCUT2D eigenvalue weighted by Gasteiger charge is 2.05. The molecule has 0 spiro atoms. The standard InChI is InChI=1S/C19H25N3O2.HI/c1-14-5-8-16(18(11-14)24-4)13-22-19(20-2)21-12-15-6-9-17(23-3)10-7-15;/h5-11H,12-13H2,1-4H3,(H2,20,21,22);1H. The van der Waals surface area contributed by atoms with Crippen molar-refractivity contribution in [2.24, 2.45) is 4.99 Å². The topological polar surface area (TPSA) is 54.9 Å². The van der Waals surface area contributed by atoms with Crippen LogP contribution in [0, 0.1) is 6.92 Å². The predicted octanol–water partition coefficient (Wildman–Crippen LogP) is 3.50. The van der Waals surface area contributed by atoms with Crippen molar-refractivity contribution in [3.05, 3.63) is 59.2 Å². The Morgan fingerprint density at radius 3 is 2.24 bits per heavy atom. The highest BCUT2D eigenvalue weighted by molar-refractivity contribution is 14.0. The normalized spacial score (nSPS) is 10.6. The summed E-state index contributed by atoms with van der Waals surface area (Å²) in [7, 11) is 5.11. The van der Waals surface area contributed by atoms with E-state index in [-0.39, 0.29) is 24.0 Å². The number of aliphatic imine (C=N–C) groups is 1. The molecule has 0 radical (unpaired) electrons. The first-order valence-corrected chi connectivity index (χ1v) is 7.87. The molecule has 0 unspecified atom stereocenters. The van der Waals surface area contributed by atoms with E-state index in [2.05, 4.69) is 34.7 Å². The summed E-state index contributed by atoms with van der Waals surface area (Å²) in [6.45, 7) is 3.38. The molecule has 0 saturated heterocycles. The first kappa shape index (κ1) is 21.1. The van der Waals surface area contributed by atoms with Crippen molar-refractivity contribution in [2.45, 2.75) is 20.0 Å². The summed E-state index contributed by atoms with van der Waals surface area (Å²) in [5.41, 5.74) is 3.43. The number of ether oxygens (including phenoxy) is 2. The lowest BCUT2D eigenvalue weighted by Gasteiger charge is -2.14. The van der Waals surface area contributed by atoms with E-state index in [4.69, 9.17) is 9.47 Å². The van der Waals surface area contributed by atoms with E-state index >= 15 is 0 Å². The second kappa shape index (κ2) is 10.8. The SMILES string of the molecule is CN=C(NCc1ccc(OC)cc1)NCc1ccc(C)cc1OC.I. The molecule has 2 aromatic rings. The van der Waals surface area contributed by atoms with Gasteiger partial charge < -0.3 is 20.1 Å². The Morgan fingerprint density at radius 1 is 0.960 bits per heavy atom. The number of hydrogen-bond acceptors (Lipinski definition) is 3. The number of guanidine groups is 1. The zero-order chi connectivity index (χ0) is 17.4. The molecule has 0 atom stereocenters. The Bertz CT molecular complexity index is 688. The van der Waals surface area contributed by atoms with Gasteiger partial charge >= 0.3 is 0 Å². The van der Waals surface area contributed by atoms with Gasteiger partial charge in [0.1, 0.15) is 11.5 Å². The van der Waals surface area contributed by atoms with Crippen LogP contribution >= 0.6 is 24.0 Å². The van der Waals surface area contributed by atoms with Gasteiger partial charge in [-0.05, 0) is 36.2 Å². The van der Waals surface area contributed by atoms with Gasteiger partial charge in [0.2, 0.25) is 0 Å². The fraction of sp³-hybridized carbons (Fsp3) is 0.316. The number of nitrogens with one attached hydrogen (secondary N) is 2. The summed E-state index contributed by atoms with van der Waals surface area (Å²) in [4.78, 5) is 4.25. The fourth-order valence-electron chi connectivity index (χ4n) is 2.33. The van der Waals surface area contributed by atoms with E-state index in [0.29, 0.717) is 13.1 Å². The molecule has 0 fully saturated rings. The number of rotatable bonds is 6. The Morgan fingerprint density at radius 2 is 1.64 bits per heavy atom. The van der Waals surface area contributed by atoms with Gasteiger partial charge in [0, 0.05) is 25.7 Å². The largest absolute Gasteiger partial charge is 0.497 e. The van der Waals surface area contributed by atoms with Crippen LogP contribution in [-0.2, 0) is 13.1 Å². The molecule has 0 saturated carbocycles. The Hall–Kier alpha value is -1.96. The lowest BCUT2D eigenvalue weighted by atomic mass is 10.1. The van der Waals surface area contributed by atoms with Crippen molar-refractivity contribution in [2.75, 3.05) is 21.3 Å². The van der Waals surface area contributed by atoms with E-state index in [1.807, 2.05) is 30.3 Å². The molecule has 0 bridgehead atoms. The van der Waals surface area contributed by atoms with E-state index in [1.54, 1.807) is 21.3 Å². The molecule has 2 N–H and O–H groups in total. The molecule has 2 aromatic carbocycles. The summed E-state index contributed by atoms with van der Waals surface area (Å²) < 4.78 is 10.6. The quantitative estimate of drug-likeness (QED) is 0.398. The Balaban J connectivity index is 0.00000312. The van der Waals surface area contributed by atoms with Gasteiger partial charge in [-0.25, -0.2) is 0 Å². The van der Waals surface area contributed by atoms with Crippen LogP contribution in [0.2, 0.25) is 0 Å². The minimum atomic E-state index is 0. The van der Waals surface area contributed by atoms with Crippen LogP contribution in [-0.4, -0.2) is 27.2 Å². The summed E-state index contributed by atoms with van der Waals surface area (Å²) in [5, 5.41) is 6.61. The van der Waals surface area contributed by atoms with Crippen LogP contribution in [0.4, 0.5) is 0 Å². The third-order valence-corrected chi connectivity index (χ3v) is 3.73. The molecule has 0 heterocycles. The smallest absolute Gasteiger partial charge is 0.191 e. The van der Waals surface area contributed by atoms with Gasteiger partial charge in [0.15, 0.2) is 5.96 Å². The van der Waals surface area contributed by atoms with Crippen molar-refractivity contribution in [1.82, 2.24) is 10.6 Å². The lowest BCUT2D eigenvalue weighted by molar-refractivity contribution is 0.408. The number of hydrogen-bond donors (Lipinski definition) is 2. The summed E-state index contributed by atoms with van der Waals surface area (Å²) >= 11 is 0. The maximum Gasteiger partial charge on any atom is 0.191 e. The molecule has 6 heteroatoms. The molecule has 5 nitrogen and oxygen atoms in total. The van der Waals surface area contributed by atoms with Crippen LogP contribution < -0.4 is 20.1 Å². The highest BCUT2D eigenvalue weighted by Crippen LogP contribution is 2.19. The molecule has 2 rings (SSSR count). The number of aryl methyl sites for hydroxylation is 1. The van der Waals surface area contributed by atoms with Crippen molar-refractivity contribution in [1.29, 1.82) is 0 Å². The third-order valence-electron chi connectivity index (χ3n) is 3.73. The van der Waals surface area contributed by atoms with Gasteiger partial charge in [-0.15, -0.1) is 24.0 Å². The molecule has 136 valence electrons. The zero-order valence-electron chi connectivity index (χ0n) is 15.1. The van der Waals surface area contributed by atoms with E-state index < -0.39 is 0 Å². The fourth-order valence-corrected chi connectivity index (χ4v) is 2.33. The number of halogens is 1. The maximum atomic E-state index is 5.43. The minimum Gasteiger partial charge on any atom is -0.497 e. The Kier molecular flexibility index (Phi) is 9.12. The summed E-state index contributed by atoms with van der Waals surface area (Å²) in [5.74, 6) is 2.48. The van der Waals surface area contributed by atoms with Gasteiger partial charge in [0.05, 0.1) is 14.2 Å². The summed E-state index contributed by atoms with van der Waals surface area (Å²) in [6, 6.07) is 14.1. The second-order valence-corrected chi connectivity index (χ2v) is 5.44. The predicted molar refractivity (Wildman–Crippen MR) is 113 cm³/mol. The van der Waals surface area contributed by atoms with Crippen molar-refractivity contribution in [3.8, 4) is 11.5 Å². The lowest BCUT2D eigenvalue weighted by Crippen LogP contribution is -2.36. The average molecular weight is 455 g/mol. The highest BCUT2D eigenvalue weighted by atomic mass is 127. The molecular formula is C19H26IN3O2. The second-order valence-electron chi connectivity index (χ2n) is 5.44. The molecule has 0 aliphatic rings. The maximum absolute atomic E-state index is 5.43. The van der Waals surface area contributed by atoms with Crippen molar-refractivity contribution >= 4 is 29.9 Å². The van der Waals surface area contributed by atoms with E-state index in [9.17, 15) is 0 Å². The third kappa shape index (κ3) is 6.45. The monoisotopic (exact) mass is 455 g/mol. The van der Waals surface area contributed by atoms with Gasteiger partial charge in [-0.3, -0.25) is 4.99 Å². The average Bonchev–Trinajstić information content (AvgIpc) is 2.63. The summed E-state index contributed by atoms with van der Waals surface area (Å²) in [6.07, 6.45) is 0. The number of benzene rings is 2. The van der Waals surface area contributed by atoms with E-state index in [0.717, 1.165) is 28.6 Å².